The average Bonchev–Trinajstić information content (AvgIpc) is 3.11. The zero-order chi connectivity index (χ0) is 20.1. The summed E-state index contributed by atoms with van der Waals surface area (Å²) in [6.45, 7) is 9.08. The van der Waals surface area contributed by atoms with Gasteiger partial charge in [-0.1, -0.05) is 20.3 Å². The average molecular weight is 405 g/mol. The third-order valence-electron chi connectivity index (χ3n) is 6.05. The van der Waals surface area contributed by atoms with E-state index in [2.05, 4.69) is 19.2 Å². The molecule has 28 heavy (non-hydrogen) atoms. The highest BCUT2D eigenvalue weighted by atomic mass is 32.1. The van der Waals surface area contributed by atoms with Crippen LogP contribution in [0.25, 0.3) is 10.2 Å². The van der Waals surface area contributed by atoms with Crippen molar-refractivity contribution in [1.82, 2.24) is 19.4 Å². The summed E-state index contributed by atoms with van der Waals surface area (Å²) < 4.78 is 3.24. The van der Waals surface area contributed by atoms with Crippen molar-refractivity contribution in [2.75, 3.05) is 13.1 Å². The first kappa shape index (κ1) is 19.2. The molecule has 1 N–H and O–H groups in total. The van der Waals surface area contributed by atoms with Crippen LogP contribution in [-0.4, -0.2) is 33.2 Å². The maximum atomic E-state index is 13.3. The van der Waals surface area contributed by atoms with Gasteiger partial charge in [-0.25, -0.2) is 9.59 Å². The van der Waals surface area contributed by atoms with Gasteiger partial charge in [-0.15, -0.1) is 11.3 Å². The number of hydrogen-bond donors (Lipinski definition) is 1. The molecule has 2 aromatic heterocycles. The molecule has 0 atom stereocenters. The number of nitrogens with one attached hydrogen (secondary N) is 1. The third-order valence-corrected chi connectivity index (χ3v) is 7.35. The number of carbonyl (C=O) groups is 1. The molecule has 0 unspecified atom stereocenters. The SMILES string of the molecule is CCCCn1c(=O)n(CC2(C)CC2)c(=O)c2c(C)c(CN3CCNC3=O)sc21. The number of aromatic nitrogens is 2. The van der Waals surface area contributed by atoms with Crippen LogP contribution in [0.4, 0.5) is 4.79 Å². The fourth-order valence-corrected chi connectivity index (χ4v) is 5.16. The quantitative estimate of drug-likeness (QED) is 0.771. The molecule has 1 aliphatic carbocycles. The molecule has 2 amide bonds. The summed E-state index contributed by atoms with van der Waals surface area (Å²) in [4.78, 5) is 41.9. The van der Waals surface area contributed by atoms with E-state index in [1.54, 1.807) is 9.47 Å². The van der Waals surface area contributed by atoms with Crippen molar-refractivity contribution in [3.63, 3.8) is 0 Å². The summed E-state index contributed by atoms with van der Waals surface area (Å²) in [5.41, 5.74) is 0.613. The summed E-state index contributed by atoms with van der Waals surface area (Å²) in [6.07, 6.45) is 3.99. The Morgan fingerprint density at radius 3 is 2.54 bits per heavy atom. The molecule has 7 nitrogen and oxygen atoms in total. The van der Waals surface area contributed by atoms with E-state index in [0.717, 1.165) is 41.0 Å². The number of fused-ring (bicyclic) bond motifs is 1. The summed E-state index contributed by atoms with van der Waals surface area (Å²) in [5, 5.41) is 3.47. The Bertz CT molecular complexity index is 1040. The second kappa shape index (κ2) is 7.06. The number of carbonyl (C=O) groups excluding carboxylic acids is 1. The van der Waals surface area contributed by atoms with E-state index in [1.807, 2.05) is 6.92 Å². The lowest BCUT2D eigenvalue weighted by atomic mass is 10.1. The number of aryl methyl sites for hydroxylation is 2. The van der Waals surface area contributed by atoms with Gasteiger partial charge in [0, 0.05) is 31.1 Å². The number of amides is 2. The number of rotatable bonds is 7. The number of nitrogens with zero attached hydrogens (tertiary/aromatic N) is 3. The largest absolute Gasteiger partial charge is 0.336 e. The van der Waals surface area contributed by atoms with Gasteiger partial charge in [0.25, 0.3) is 5.56 Å². The molecule has 4 rings (SSSR count). The maximum absolute atomic E-state index is 13.3. The van der Waals surface area contributed by atoms with Crippen LogP contribution in [0.2, 0.25) is 0 Å². The van der Waals surface area contributed by atoms with Crippen LogP contribution in [0.1, 0.15) is 50.0 Å². The van der Waals surface area contributed by atoms with Crippen molar-refractivity contribution >= 4 is 27.6 Å². The monoisotopic (exact) mass is 404 g/mol. The zero-order valence-electron chi connectivity index (χ0n) is 16.8. The Morgan fingerprint density at radius 2 is 1.93 bits per heavy atom. The van der Waals surface area contributed by atoms with E-state index >= 15 is 0 Å². The van der Waals surface area contributed by atoms with Gasteiger partial charge in [0.15, 0.2) is 0 Å². The van der Waals surface area contributed by atoms with Gasteiger partial charge >= 0.3 is 11.7 Å². The minimum Gasteiger partial charge on any atom is -0.336 e. The molecule has 0 bridgehead atoms. The van der Waals surface area contributed by atoms with E-state index < -0.39 is 0 Å². The Morgan fingerprint density at radius 1 is 1.18 bits per heavy atom. The van der Waals surface area contributed by atoms with Crippen molar-refractivity contribution in [2.45, 2.75) is 66.1 Å². The molecular weight excluding hydrogens is 376 g/mol. The first-order valence-electron chi connectivity index (χ1n) is 10.1. The fraction of sp³-hybridized carbons (Fsp3) is 0.650. The zero-order valence-corrected chi connectivity index (χ0v) is 17.7. The topological polar surface area (TPSA) is 76.3 Å². The van der Waals surface area contributed by atoms with E-state index in [9.17, 15) is 14.4 Å². The van der Waals surface area contributed by atoms with Crippen molar-refractivity contribution in [3.8, 4) is 0 Å². The first-order valence-corrected chi connectivity index (χ1v) is 10.9. The highest BCUT2D eigenvalue weighted by molar-refractivity contribution is 7.18. The molecule has 1 saturated carbocycles. The second-order valence-corrected chi connectivity index (χ2v) is 9.56. The Balaban J connectivity index is 1.85. The predicted molar refractivity (Wildman–Crippen MR) is 111 cm³/mol. The molecule has 1 aliphatic heterocycles. The van der Waals surface area contributed by atoms with Crippen LogP contribution < -0.4 is 16.6 Å². The molecule has 8 heteroatoms. The molecule has 2 aromatic rings. The van der Waals surface area contributed by atoms with Crippen LogP contribution in [-0.2, 0) is 19.6 Å². The van der Waals surface area contributed by atoms with Gasteiger partial charge in [0.05, 0.1) is 11.9 Å². The van der Waals surface area contributed by atoms with Gasteiger partial charge in [-0.2, -0.15) is 0 Å². The number of thiophene rings is 1. The first-order chi connectivity index (χ1) is 13.3. The predicted octanol–water partition coefficient (Wildman–Crippen LogP) is 2.66. The molecular formula is C20H28N4O3S. The molecule has 3 heterocycles. The normalized spacial score (nSPS) is 18.1. The van der Waals surface area contributed by atoms with Crippen molar-refractivity contribution in [1.29, 1.82) is 0 Å². The molecule has 0 aromatic carbocycles. The van der Waals surface area contributed by atoms with Crippen LogP contribution in [0, 0.1) is 12.3 Å². The van der Waals surface area contributed by atoms with E-state index in [0.29, 0.717) is 38.1 Å². The van der Waals surface area contributed by atoms with Gasteiger partial charge < -0.3 is 10.2 Å². The fourth-order valence-electron chi connectivity index (χ4n) is 3.83. The van der Waals surface area contributed by atoms with Crippen LogP contribution in [0.3, 0.4) is 0 Å². The lowest BCUT2D eigenvalue weighted by Gasteiger charge is -2.14. The Kier molecular flexibility index (Phi) is 4.85. The van der Waals surface area contributed by atoms with Crippen LogP contribution in [0.5, 0.6) is 0 Å². The minimum absolute atomic E-state index is 0.0691. The van der Waals surface area contributed by atoms with E-state index in [1.165, 1.54) is 15.9 Å². The highest BCUT2D eigenvalue weighted by Crippen LogP contribution is 2.46. The van der Waals surface area contributed by atoms with Gasteiger partial charge in [0.1, 0.15) is 4.83 Å². The summed E-state index contributed by atoms with van der Waals surface area (Å²) in [6, 6.07) is -0.0701. The van der Waals surface area contributed by atoms with Crippen molar-refractivity contribution in [2.24, 2.45) is 5.41 Å². The Labute approximate surface area is 168 Å². The van der Waals surface area contributed by atoms with Crippen molar-refractivity contribution in [3.05, 3.63) is 31.3 Å². The molecule has 0 spiro atoms. The molecule has 0 radical (unpaired) electrons. The summed E-state index contributed by atoms with van der Waals surface area (Å²) in [7, 11) is 0. The van der Waals surface area contributed by atoms with Gasteiger partial charge in [-0.05, 0) is 37.2 Å². The van der Waals surface area contributed by atoms with E-state index in [-0.39, 0.29) is 22.7 Å². The van der Waals surface area contributed by atoms with Crippen molar-refractivity contribution < 1.29 is 4.79 Å². The van der Waals surface area contributed by atoms with E-state index in [4.69, 9.17) is 0 Å². The third kappa shape index (κ3) is 3.27. The molecule has 1 saturated heterocycles. The number of hydrogen-bond acceptors (Lipinski definition) is 4. The minimum atomic E-state index is -0.189. The maximum Gasteiger partial charge on any atom is 0.332 e. The standard InChI is InChI=1S/C20H28N4O3S/c1-4-5-9-23-17-15(16(25)24(19(23)27)12-20(3)6-7-20)13(2)14(28-17)11-22-10-8-21-18(22)26/h4-12H2,1-3H3,(H,21,26). The van der Waals surface area contributed by atoms with Crippen LogP contribution in [0.15, 0.2) is 9.59 Å². The Hall–Kier alpha value is -2.09. The highest BCUT2D eigenvalue weighted by Gasteiger charge is 2.39. The molecule has 152 valence electrons. The van der Waals surface area contributed by atoms with Gasteiger partial charge in [0.2, 0.25) is 0 Å². The lowest BCUT2D eigenvalue weighted by molar-refractivity contribution is 0.216. The van der Waals surface area contributed by atoms with Gasteiger partial charge in [-0.3, -0.25) is 13.9 Å². The lowest BCUT2D eigenvalue weighted by Crippen LogP contribution is -2.41. The summed E-state index contributed by atoms with van der Waals surface area (Å²) in [5.74, 6) is 0. The molecule has 2 fully saturated rings. The second-order valence-electron chi connectivity index (χ2n) is 8.47. The number of urea groups is 1. The molecule has 2 aliphatic rings. The summed E-state index contributed by atoms with van der Waals surface area (Å²) >= 11 is 1.49. The smallest absolute Gasteiger partial charge is 0.332 e. The number of unbranched alkanes of at least 4 members (excludes halogenated alkanes) is 1. The van der Waals surface area contributed by atoms with Crippen LogP contribution >= 0.6 is 11.3 Å².